The largest absolute Gasteiger partial charge is 0.356 e. The summed E-state index contributed by atoms with van der Waals surface area (Å²) < 4.78 is 0. The van der Waals surface area contributed by atoms with Crippen LogP contribution in [-0.2, 0) is 11.3 Å². The van der Waals surface area contributed by atoms with E-state index in [1.165, 1.54) is 0 Å². The van der Waals surface area contributed by atoms with Gasteiger partial charge in [0.1, 0.15) is 0 Å². The Morgan fingerprint density at radius 1 is 1.28 bits per heavy atom. The molecule has 164 valence electrons. The van der Waals surface area contributed by atoms with Gasteiger partial charge in [-0.3, -0.25) is 14.7 Å². The van der Waals surface area contributed by atoms with E-state index in [4.69, 9.17) is 23.2 Å². The van der Waals surface area contributed by atoms with E-state index in [0.29, 0.717) is 16.6 Å². The monoisotopic (exact) mass is 555 g/mol. The summed E-state index contributed by atoms with van der Waals surface area (Å²) in [4.78, 5) is 22.7. The molecule has 1 aromatic carbocycles. The molecule has 9 heteroatoms. The van der Waals surface area contributed by atoms with E-state index >= 15 is 0 Å². The van der Waals surface area contributed by atoms with Crippen molar-refractivity contribution in [2.24, 2.45) is 4.99 Å². The lowest BCUT2D eigenvalue weighted by atomic mass is 10.2. The lowest BCUT2D eigenvalue weighted by Gasteiger charge is -2.26. The van der Waals surface area contributed by atoms with Gasteiger partial charge in [0.05, 0.1) is 16.1 Å². The minimum Gasteiger partial charge on any atom is -0.356 e. The first-order valence-electron chi connectivity index (χ1n) is 9.64. The van der Waals surface area contributed by atoms with E-state index in [2.05, 4.69) is 15.2 Å². The van der Waals surface area contributed by atoms with Gasteiger partial charge in [0.15, 0.2) is 5.96 Å². The molecule has 0 bridgehead atoms. The summed E-state index contributed by atoms with van der Waals surface area (Å²) in [5.41, 5.74) is 1.07. The minimum absolute atomic E-state index is 0. The summed E-state index contributed by atoms with van der Waals surface area (Å²) in [6, 6.07) is 5.69. The molecule has 0 saturated carbocycles. The maximum absolute atomic E-state index is 12.3. The van der Waals surface area contributed by atoms with Crippen molar-refractivity contribution in [3.8, 4) is 0 Å². The number of hydrogen-bond acceptors (Lipinski definition) is 3. The second-order valence-electron chi connectivity index (χ2n) is 7.36. The fourth-order valence-electron chi connectivity index (χ4n) is 3.53. The molecule has 1 atom stereocenters. The van der Waals surface area contributed by atoms with E-state index in [0.717, 1.165) is 50.4 Å². The molecule has 1 aliphatic heterocycles. The number of likely N-dealkylation sites (N-methyl/N-ethyl adjacent to an activating group) is 1. The van der Waals surface area contributed by atoms with Gasteiger partial charge in [-0.05, 0) is 43.5 Å². The fraction of sp³-hybridized carbons (Fsp3) is 0.600. The fourth-order valence-corrected chi connectivity index (χ4v) is 3.85. The van der Waals surface area contributed by atoms with Crippen molar-refractivity contribution in [2.75, 3.05) is 47.8 Å². The van der Waals surface area contributed by atoms with E-state index in [1.807, 2.05) is 44.2 Å². The minimum atomic E-state index is 0. The lowest BCUT2D eigenvalue weighted by Crippen LogP contribution is -2.44. The Bertz CT molecular complexity index is 701. The van der Waals surface area contributed by atoms with Crippen LogP contribution in [0.5, 0.6) is 0 Å². The normalized spacial score (nSPS) is 17.0. The number of hydrogen-bond donors (Lipinski definition) is 1. The second-order valence-corrected chi connectivity index (χ2v) is 8.17. The standard InChI is InChI=1S/C20H31Cl2N5O.HI/c1-23-20(26(4)14-15-8-9-16(21)17(22)13-15)24-10-6-12-27-11-5-7-18(27)19(28)25(2)3;/h8-9,13,18H,5-7,10-12,14H2,1-4H3,(H,23,24);1H. The summed E-state index contributed by atoms with van der Waals surface area (Å²) in [7, 11) is 7.42. The van der Waals surface area contributed by atoms with Gasteiger partial charge in [-0.25, -0.2) is 0 Å². The van der Waals surface area contributed by atoms with Crippen molar-refractivity contribution in [3.05, 3.63) is 33.8 Å². The molecule has 2 rings (SSSR count). The van der Waals surface area contributed by atoms with Gasteiger partial charge in [0.25, 0.3) is 0 Å². The predicted octanol–water partition coefficient (Wildman–Crippen LogP) is 3.56. The number of amides is 1. The Morgan fingerprint density at radius 3 is 2.62 bits per heavy atom. The number of guanidine groups is 1. The molecule has 1 unspecified atom stereocenters. The zero-order valence-electron chi connectivity index (χ0n) is 17.6. The average Bonchev–Trinajstić information content (AvgIpc) is 3.12. The third kappa shape index (κ3) is 7.77. The molecule has 1 saturated heterocycles. The third-order valence-electron chi connectivity index (χ3n) is 4.97. The zero-order chi connectivity index (χ0) is 20.7. The quantitative estimate of drug-likeness (QED) is 0.242. The van der Waals surface area contributed by atoms with Crippen molar-refractivity contribution >= 4 is 59.0 Å². The van der Waals surface area contributed by atoms with Crippen molar-refractivity contribution < 1.29 is 4.79 Å². The first kappa shape index (κ1) is 26.3. The summed E-state index contributed by atoms with van der Waals surface area (Å²) in [6.07, 6.45) is 3.00. The van der Waals surface area contributed by atoms with Crippen LogP contribution in [-0.4, -0.2) is 80.4 Å². The highest BCUT2D eigenvalue weighted by Gasteiger charge is 2.30. The van der Waals surface area contributed by atoms with Gasteiger partial charge in [0.2, 0.25) is 5.91 Å². The summed E-state index contributed by atoms with van der Waals surface area (Å²) in [6.45, 7) is 3.39. The Hall–Kier alpha value is -0.770. The molecular weight excluding hydrogens is 524 g/mol. The molecule has 1 aromatic rings. The van der Waals surface area contributed by atoms with Crippen molar-refractivity contribution in [3.63, 3.8) is 0 Å². The molecule has 29 heavy (non-hydrogen) atoms. The van der Waals surface area contributed by atoms with Gasteiger partial charge in [0, 0.05) is 47.8 Å². The van der Waals surface area contributed by atoms with Crippen LogP contribution in [0.3, 0.4) is 0 Å². The van der Waals surface area contributed by atoms with Gasteiger partial charge < -0.3 is 15.1 Å². The van der Waals surface area contributed by atoms with Crippen LogP contribution >= 0.6 is 47.2 Å². The number of nitrogens with zero attached hydrogens (tertiary/aromatic N) is 4. The highest BCUT2D eigenvalue weighted by Crippen LogP contribution is 2.23. The van der Waals surface area contributed by atoms with Crippen molar-refractivity contribution in [1.29, 1.82) is 0 Å². The number of aliphatic imine (C=N–C) groups is 1. The second kappa shape index (κ2) is 12.8. The maximum atomic E-state index is 12.3. The highest BCUT2D eigenvalue weighted by molar-refractivity contribution is 14.0. The molecule has 6 nitrogen and oxygen atoms in total. The molecule has 1 aliphatic rings. The first-order valence-corrected chi connectivity index (χ1v) is 10.4. The number of likely N-dealkylation sites (tertiary alicyclic amines) is 1. The highest BCUT2D eigenvalue weighted by atomic mass is 127. The SMILES string of the molecule is CN=C(NCCCN1CCCC1C(=O)N(C)C)N(C)Cc1ccc(Cl)c(Cl)c1.I. The van der Waals surface area contributed by atoms with E-state index in [9.17, 15) is 4.79 Å². The molecule has 0 aromatic heterocycles. The Kier molecular flexibility index (Phi) is 11.6. The zero-order valence-corrected chi connectivity index (χ0v) is 21.5. The number of nitrogens with one attached hydrogen (secondary N) is 1. The number of carbonyl (C=O) groups is 1. The van der Waals surface area contributed by atoms with Gasteiger partial charge in [-0.2, -0.15) is 0 Å². The van der Waals surface area contributed by atoms with Crippen LogP contribution in [0, 0.1) is 0 Å². The molecule has 1 N–H and O–H groups in total. The number of rotatable bonds is 7. The molecule has 1 amide bonds. The lowest BCUT2D eigenvalue weighted by molar-refractivity contribution is -0.133. The van der Waals surface area contributed by atoms with E-state index in [1.54, 1.807) is 11.9 Å². The Balaban J connectivity index is 0.00000420. The van der Waals surface area contributed by atoms with Crippen LogP contribution < -0.4 is 5.32 Å². The van der Waals surface area contributed by atoms with Crippen molar-refractivity contribution in [1.82, 2.24) is 20.0 Å². The molecular formula is C20H32Cl2IN5O. The average molecular weight is 556 g/mol. The van der Waals surface area contributed by atoms with Gasteiger partial charge in [-0.15, -0.1) is 24.0 Å². The number of carbonyl (C=O) groups excluding carboxylic acids is 1. The molecule has 0 spiro atoms. The summed E-state index contributed by atoms with van der Waals surface area (Å²) in [5, 5.41) is 4.52. The summed E-state index contributed by atoms with van der Waals surface area (Å²) in [5.74, 6) is 1.04. The van der Waals surface area contributed by atoms with Gasteiger partial charge >= 0.3 is 0 Å². The van der Waals surface area contributed by atoms with E-state index in [-0.39, 0.29) is 35.9 Å². The van der Waals surface area contributed by atoms with Crippen LogP contribution in [0.4, 0.5) is 0 Å². The number of benzene rings is 1. The predicted molar refractivity (Wildman–Crippen MR) is 133 cm³/mol. The van der Waals surface area contributed by atoms with Crippen LogP contribution in [0.15, 0.2) is 23.2 Å². The Morgan fingerprint density at radius 2 is 2.00 bits per heavy atom. The summed E-state index contributed by atoms with van der Waals surface area (Å²) >= 11 is 12.1. The maximum Gasteiger partial charge on any atom is 0.239 e. The smallest absolute Gasteiger partial charge is 0.239 e. The van der Waals surface area contributed by atoms with Crippen LogP contribution in [0.25, 0.3) is 0 Å². The topological polar surface area (TPSA) is 51.2 Å². The van der Waals surface area contributed by atoms with Gasteiger partial charge in [-0.1, -0.05) is 29.3 Å². The van der Waals surface area contributed by atoms with Crippen LogP contribution in [0.1, 0.15) is 24.8 Å². The Labute approximate surface area is 201 Å². The van der Waals surface area contributed by atoms with Crippen molar-refractivity contribution in [2.45, 2.75) is 31.8 Å². The third-order valence-corrected chi connectivity index (χ3v) is 5.71. The van der Waals surface area contributed by atoms with E-state index < -0.39 is 0 Å². The molecule has 1 fully saturated rings. The molecule has 1 heterocycles. The first-order chi connectivity index (χ1) is 13.3. The molecule has 0 radical (unpaired) electrons. The van der Waals surface area contributed by atoms with Crippen LogP contribution in [0.2, 0.25) is 10.0 Å². The molecule has 0 aliphatic carbocycles. The number of halogens is 3.